The van der Waals surface area contributed by atoms with Crippen molar-refractivity contribution in [2.75, 3.05) is 17.7 Å². The summed E-state index contributed by atoms with van der Waals surface area (Å²) in [6.45, 7) is 12.0. The number of methoxy groups -OCH3 is 1. The molecule has 3 rings (SSSR count). The molecule has 0 radical (unpaired) electrons. The van der Waals surface area contributed by atoms with Crippen molar-refractivity contribution < 1.29 is 38.2 Å². The van der Waals surface area contributed by atoms with Gasteiger partial charge in [-0.1, -0.05) is 49.4 Å². The molecule has 0 aliphatic rings. The molecule has 0 aliphatic heterocycles. The Bertz CT molecular complexity index is 1560. The van der Waals surface area contributed by atoms with Gasteiger partial charge in [0.15, 0.2) is 10.8 Å². The molecule has 13 nitrogen and oxygen atoms in total. The van der Waals surface area contributed by atoms with E-state index in [1.807, 2.05) is 30.3 Å². The molecule has 4 amide bonds. The Balaban J connectivity index is 1.92. The lowest BCUT2D eigenvalue weighted by atomic mass is 9.92. The fraction of sp³-hybridized carbons (Fsp3) is 0.394. The Labute approximate surface area is 277 Å². The minimum Gasteiger partial charge on any atom is -0.464 e. The van der Waals surface area contributed by atoms with E-state index in [0.717, 1.165) is 16.9 Å². The van der Waals surface area contributed by atoms with Gasteiger partial charge < -0.3 is 30.2 Å². The number of nitrogens with zero attached hydrogens (tertiary/aromatic N) is 1. The van der Waals surface area contributed by atoms with Gasteiger partial charge in [0.05, 0.1) is 7.11 Å². The number of anilines is 2. The van der Waals surface area contributed by atoms with E-state index >= 15 is 0 Å². The minimum absolute atomic E-state index is 0.0238. The Morgan fingerprint density at radius 3 is 1.91 bits per heavy atom. The number of carbonyl (C=O) groups is 5. The first-order chi connectivity index (χ1) is 22.0. The number of nitrogens with one attached hydrogen (secondary N) is 4. The topological polar surface area (TPSA) is 174 Å². The van der Waals surface area contributed by atoms with Gasteiger partial charge in [-0.3, -0.25) is 14.9 Å². The minimum atomic E-state index is -1.30. The molecular formula is C33H41N5O8S. The zero-order valence-corrected chi connectivity index (χ0v) is 28.4. The molecule has 0 saturated heterocycles. The third kappa shape index (κ3) is 11.4. The molecule has 47 heavy (non-hydrogen) atoms. The van der Waals surface area contributed by atoms with E-state index in [4.69, 9.17) is 14.2 Å². The van der Waals surface area contributed by atoms with Crippen molar-refractivity contribution in [3.05, 3.63) is 76.8 Å². The van der Waals surface area contributed by atoms with E-state index in [1.165, 1.54) is 12.5 Å². The maximum atomic E-state index is 14.0. The molecule has 1 heterocycles. The molecule has 0 saturated carbocycles. The number of esters is 1. The SMILES string of the molecule is COC(=O)c1csc(NC(=O)[C@@H](NC(=O)C(NC(=O)OC(C)(C)C)c2ccc(NC(=O)OC(C)(C)C)cc2)[C@@H](C)c2ccccc2)n1. The van der Waals surface area contributed by atoms with Gasteiger partial charge in [-0.2, -0.15) is 0 Å². The van der Waals surface area contributed by atoms with Gasteiger partial charge in [0, 0.05) is 17.0 Å². The quantitative estimate of drug-likeness (QED) is 0.155. The zero-order valence-electron chi connectivity index (χ0n) is 27.6. The molecule has 2 aromatic carbocycles. The third-order valence-electron chi connectivity index (χ3n) is 6.35. The fourth-order valence-corrected chi connectivity index (χ4v) is 4.90. The summed E-state index contributed by atoms with van der Waals surface area (Å²) in [5.74, 6) is -2.51. The lowest BCUT2D eigenvalue weighted by Gasteiger charge is -2.28. The van der Waals surface area contributed by atoms with Gasteiger partial charge in [-0.05, 0) is 64.8 Å². The third-order valence-corrected chi connectivity index (χ3v) is 7.10. The standard InChI is InChI=1S/C33H41N5O8S/c1-19(20-12-10-9-11-13-20)24(26(39)38-29-35-23(18-47-29)28(41)44-8)36-27(40)25(37-31(43)46-33(5,6)7)21-14-16-22(17-15-21)34-30(42)45-32(2,3)4/h9-19,24-25H,1-8H3,(H,34,42)(H,36,40)(H,37,43)(H,35,38,39)/t19-,24-,25?/m0/s1. The zero-order chi connectivity index (χ0) is 34.9. The highest BCUT2D eigenvalue weighted by atomic mass is 32.1. The van der Waals surface area contributed by atoms with E-state index < -0.39 is 59.2 Å². The molecule has 0 aliphatic carbocycles. The summed E-state index contributed by atoms with van der Waals surface area (Å²) in [5.41, 5.74) is -0.0328. The van der Waals surface area contributed by atoms with Crippen LogP contribution >= 0.6 is 11.3 Å². The molecule has 252 valence electrons. The highest BCUT2D eigenvalue weighted by Gasteiger charge is 2.33. The van der Waals surface area contributed by atoms with Crippen LogP contribution in [0.2, 0.25) is 0 Å². The summed E-state index contributed by atoms with van der Waals surface area (Å²) in [6, 6.07) is 12.8. The van der Waals surface area contributed by atoms with Crippen LogP contribution in [0.5, 0.6) is 0 Å². The first kappa shape index (κ1) is 36.5. The van der Waals surface area contributed by atoms with Crippen LogP contribution in [0.25, 0.3) is 0 Å². The Kier molecular flexibility index (Phi) is 12.1. The molecule has 4 N–H and O–H groups in total. The monoisotopic (exact) mass is 667 g/mol. The summed E-state index contributed by atoms with van der Waals surface area (Å²) in [5, 5.41) is 12.3. The number of alkyl carbamates (subject to hydrolysis) is 1. The van der Waals surface area contributed by atoms with Gasteiger partial charge in [-0.25, -0.2) is 19.4 Å². The molecular weight excluding hydrogens is 626 g/mol. The van der Waals surface area contributed by atoms with E-state index in [2.05, 4.69) is 26.3 Å². The largest absolute Gasteiger partial charge is 0.464 e. The number of hydrogen-bond donors (Lipinski definition) is 4. The van der Waals surface area contributed by atoms with Crippen molar-refractivity contribution in [2.45, 2.75) is 77.7 Å². The Morgan fingerprint density at radius 1 is 0.745 bits per heavy atom. The molecule has 1 unspecified atom stereocenters. The second kappa shape index (κ2) is 15.5. The number of ether oxygens (including phenoxy) is 3. The predicted molar refractivity (Wildman–Crippen MR) is 177 cm³/mol. The molecule has 3 aromatic rings. The lowest BCUT2D eigenvalue weighted by molar-refractivity contribution is -0.128. The molecule has 0 fully saturated rings. The first-order valence-corrected chi connectivity index (χ1v) is 15.6. The lowest BCUT2D eigenvalue weighted by Crippen LogP contribution is -2.51. The van der Waals surface area contributed by atoms with Gasteiger partial charge in [0.2, 0.25) is 11.8 Å². The highest BCUT2D eigenvalue weighted by molar-refractivity contribution is 7.14. The van der Waals surface area contributed by atoms with E-state index in [9.17, 15) is 24.0 Å². The summed E-state index contributed by atoms with van der Waals surface area (Å²) in [7, 11) is 1.22. The van der Waals surface area contributed by atoms with Gasteiger partial charge in [-0.15, -0.1) is 11.3 Å². The smallest absolute Gasteiger partial charge is 0.412 e. The van der Waals surface area contributed by atoms with Gasteiger partial charge in [0.1, 0.15) is 23.3 Å². The van der Waals surface area contributed by atoms with Crippen molar-refractivity contribution >= 4 is 52.1 Å². The van der Waals surface area contributed by atoms with Crippen molar-refractivity contribution in [3.63, 3.8) is 0 Å². The second-order valence-electron chi connectivity index (χ2n) is 12.5. The van der Waals surface area contributed by atoms with Crippen LogP contribution in [0, 0.1) is 0 Å². The van der Waals surface area contributed by atoms with Crippen LogP contribution in [0.3, 0.4) is 0 Å². The average Bonchev–Trinajstić information content (AvgIpc) is 3.45. The highest BCUT2D eigenvalue weighted by Crippen LogP contribution is 2.25. The van der Waals surface area contributed by atoms with Crippen LogP contribution in [0.15, 0.2) is 60.0 Å². The number of rotatable bonds is 10. The fourth-order valence-electron chi connectivity index (χ4n) is 4.22. The van der Waals surface area contributed by atoms with E-state index in [1.54, 1.807) is 72.7 Å². The normalized spacial score (nSPS) is 13.3. The van der Waals surface area contributed by atoms with Crippen molar-refractivity contribution in [3.8, 4) is 0 Å². The van der Waals surface area contributed by atoms with Gasteiger partial charge in [0.25, 0.3) is 0 Å². The molecule has 14 heteroatoms. The molecule has 3 atom stereocenters. The Hall–Kier alpha value is -4.98. The summed E-state index contributed by atoms with van der Waals surface area (Å²) >= 11 is 1.02. The van der Waals surface area contributed by atoms with Crippen molar-refractivity contribution in [1.29, 1.82) is 0 Å². The van der Waals surface area contributed by atoms with Crippen LogP contribution in [-0.2, 0) is 23.8 Å². The number of hydrogen-bond acceptors (Lipinski definition) is 10. The van der Waals surface area contributed by atoms with Crippen molar-refractivity contribution in [2.24, 2.45) is 0 Å². The van der Waals surface area contributed by atoms with E-state index in [-0.39, 0.29) is 10.8 Å². The maximum Gasteiger partial charge on any atom is 0.412 e. The number of thiazole rings is 1. The Morgan fingerprint density at radius 2 is 1.34 bits per heavy atom. The average molecular weight is 668 g/mol. The van der Waals surface area contributed by atoms with Crippen LogP contribution in [0.1, 0.15) is 82.0 Å². The van der Waals surface area contributed by atoms with E-state index in [0.29, 0.717) is 11.3 Å². The van der Waals surface area contributed by atoms with Gasteiger partial charge >= 0.3 is 18.2 Å². The van der Waals surface area contributed by atoms with Crippen LogP contribution in [-0.4, -0.2) is 59.3 Å². The number of carbonyl (C=O) groups excluding carboxylic acids is 5. The molecule has 0 spiro atoms. The maximum absolute atomic E-state index is 14.0. The van der Waals surface area contributed by atoms with Crippen molar-refractivity contribution in [1.82, 2.24) is 15.6 Å². The second-order valence-corrected chi connectivity index (χ2v) is 13.4. The predicted octanol–water partition coefficient (Wildman–Crippen LogP) is 5.77. The number of amides is 4. The summed E-state index contributed by atoms with van der Waals surface area (Å²) < 4.78 is 15.4. The molecule has 1 aromatic heterocycles. The molecule has 0 bridgehead atoms. The van der Waals surface area contributed by atoms with Crippen LogP contribution < -0.4 is 21.3 Å². The number of benzene rings is 2. The first-order valence-electron chi connectivity index (χ1n) is 14.7. The summed E-state index contributed by atoms with van der Waals surface area (Å²) in [6.07, 6.45) is -1.52. The van der Waals surface area contributed by atoms with Crippen LogP contribution in [0.4, 0.5) is 20.4 Å². The summed E-state index contributed by atoms with van der Waals surface area (Å²) in [4.78, 5) is 68.8. The number of aromatic nitrogens is 1.